The van der Waals surface area contributed by atoms with Crippen LogP contribution in [0.4, 0.5) is 0 Å². The lowest BCUT2D eigenvalue weighted by Gasteiger charge is -2.21. The molecule has 108 valence electrons. The van der Waals surface area contributed by atoms with E-state index < -0.39 is 0 Å². The molecule has 2 N–H and O–H groups in total. The first-order chi connectivity index (χ1) is 8.86. The van der Waals surface area contributed by atoms with E-state index in [1.54, 1.807) is 7.11 Å². The molecule has 0 aliphatic carbocycles. The van der Waals surface area contributed by atoms with Gasteiger partial charge in [-0.1, -0.05) is 6.07 Å². The van der Waals surface area contributed by atoms with Crippen LogP contribution in [0.2, 0.25) is 0 Å². The number of hydrogen-bond donors (Lipinski definition) is 1. The molecular weight excluding hydrogens is 236 g/mol. The van der Waals surface area contributed by atoms with E-state index in [4.69, 9.17) is 10.5 Å². The third-order valence-electron chi connectivity index (χ3n) is 3.74. The van der Waals surface area contributed by atoms with Gasteiger partial charge >= 0.3 is 0 Å². The zero-order valence-corrected chi connectivity index (χ0v) is 13.2. The minimum atomic E-state index is 0.267. The van der Waals surface area contributed by atoms with E-state index in [0.29, 0.717) is 0 Å². The summed E-state index contributed by atoms with van der Waals surface area (Å²) in [5.74, 6) is 1.01. The molecule has 19 heavy (non-hydrogen) atoms. The summed E-state index contributed by atoms with van der Waals surface area (Å²) in [4.78, 5) is 2.33. The van der Waals surface area contributed by atoms with Crippen LogP contribution in [-0.2, 0) is 6.54 Å². The first kappa shape index (κ1) is 16.0. The molecule has 0 bridgehead atoms. The second kappa shape index (κ2) is 6.92. The first-order valence-corrected chi connectivity index (χ1v) is 6.94. The molecular formula is C16H28N2O. The van der Waals surface area contributed by atoms with E-state index in [2.05, 4.69) is 45.7 Å². The molecule has 3 heteroatoms. The minimum Gasteiger partial charge on any atom is -0.496 e. The second-order valence-electron chi connectivity index (χ2n) is 5.64. The molecule has 0 radical (unpaired) electrons. The lowest BCUT2D eigenvalue weighted by Crippen LogP contribution is -2.26. The van der Waals surface area contributed by atoms with Gasteiger partial charge in [-0.3, -0.25) is 0 Å². The van der Waals surface area contributed by atoms with Crippen LogP contribution in [0.1, 0.15) is 35.6 Å². The molecule has 1 aromatic rings. The van der Waals surface area contributed by atoms with Gasteiger partial charge in [-0.15, -0.1) is 0 Å². The summed E-state index contributed by atoms with van der Waals surface area (Å²) in [6, 6.07) is 2.51. The number of nitrogens with two attached hydrogens (primary N) is 1. The Labute approximate surface area is 117 Å². The third-order valence-corrected chi connectivity index (χ3v) is 3.74. The van der Waals surface area contributed by atoms with E-state index in [1.807, 2.05) is 0 Å². The molecule has 3 nitrogen and oxygen atoms in total. The summed E-state index contributed by atoms with van der Waals surface area (Å²) < 4.78 is 5.47. The van der Waals surface area contributed by atoms with Crippen LogP contribution in [-0.4, -0.2) is 31.6 Å². The Morgan fingerprint density at radius 3 is 2.42 bits per heavy atom. The van der Waals surface area contributed by atoms with Crippen molar-refractivity contribution < 1.29 is 4.74 Å². The van der Waals surface area contributed by atoms with Crippen molar-refractivity contribution in [2.24, 2.45) is 5.73 Å². The topological polar surface area (TPSA) is 38.5 Å². The van der Waals surface area contributed by atoms with Crippen molar-refractivity contribution in [3.63, 3.8) is 0 Å². The number of methoxy groups -OCH3 is 1. The summed E-state index contributed by atoms with van der Waals surface area (Å²) in [5, 5.41) is 0. The van der Waals surface area contributed by atoms with Crippen LogP contribution in [0.5, 0.6) is 5.75 Å². The number of hydrogen-bond acceptors (Lipinski definition) is 3. The van der Waals surface area contributed by atoms with Crippen LogP contribution < -0.4 is 10.5 Å². The Kier molecular flexibility index (Phi) is 5.83. The van der Waals surface area contributed by atoms with Gasteiger partial charge in [0.2, 0.25) is 0 Å². The SMILES string of the molecule is COc1c(C)cc(CN(C)CCC(C)N)c(C)c1C. The number of aryl methyl sites for hydroxylation is 1. The van der Waals surface area contributed by atoms with Gasteiger partial charge in [-0.2, -0.15) is 0 Å². The highest BCUT2D eigenvalue weighted by Gasteiger charge is 2.12. The van der Waals surface area contributed by atoms with Crippen molar-refractivity contribution >= 4 is 0 Å². The summed E-state index contributed by atoms with van der Waals surface area (Å²) >= 11 is 0. The van der Waals surface area contributed by atoms with Gasteiger partial charge < -0.3 is 15.4 Å². The Balaban J connectivity index is 2.84. The van der Waals surface area contributed by atoms with Crippen LogP contribution in [0.25, 0.3) is 0 Å². The Hall–Kier alpha value is -1.06. The molecule has 1 aromatic carbocycles. The fraction of sp³-hybridized carbons (Fsp3) is 0.625. The van der Waals surface area contributed by atoms with Gasteiger partial charge in [-0.05, 0) is 70.0 Å². The predicted octanol–water partition coefficient (Wildman–Crippen LogP) is 2.79. The smallest absolute Gasteiger partial charge is 0.124 e. The Morgan fingerprint density at radius 1 is 1.26 bits per heavy atom. The van der Waals surface area contributed by atoms with Crippen molar-refractivity contribution in [2.45, 2.75) is 46.7 Å². The monoisotopic (exact) mass is 264 g/mol. The molecule has 1 unspecified atom stereocenters. The fourth-order valence-corrected chi connectivity index (χ4v) is 2.41. The summed E-state index contributed by atoms with van der Waals surface area (Å²) in [6.07, 6.45) is 1.03. The van der Waals surface area contributed by atoms with Crippen molar-refractivity contribution in [2.75, 3.05) is 20.7 Å². The maximum atomic E-state index is 5.81. The zero-order valence-electron chi connectivity index (χ0n) is 13.2. The van der Waals surface area contributed by atoms with Gasteiger partial charge in [0.15, 0.2) is 0 Å². The van der Waals surface area contributed by atoms with Crippen LogP contribution >= 0.6 is 0 Å². The van der Waals surface area contributed by atoms with Gasteiger partial charge in [-0.25, -0.2) is 0 Å². The van der Waals surface area contributed by atoms with E-state index in [1.165, 1.54) is 22.3 Å². The van der Waals surface area contributed by atoms with Crippen molar-refractivity contribution in [1.29, 1.82) is 0 Å². The largest absolute Gasteiger partial charge is 0.496 e. The van der Waals surface area contributed by atoms with Gasteiger partial charge in [0.1, 0.15) is 5.75 Å². The van der Waals surface area contributed by atoms with Crippen LogP contribution in [0.15, 0.2) is 6.07 Å². The van der Waals surface area contributed by atoms with Crippen molar-refractivity contribution in [3.05, 3.63) is 28.3 Å². The van der Waals surface area contributed by atoms with Crippen molar-refractivity contribution in [1.82, 2.24) is 4.90 Å². The highest BCUT2D eigenvalue weighted by Crippen LogP contribution is 2.29. The standard InChI is InChI=1S/C16H28N2O/c1-11-9-15(10-18(5)8-7-12(2)17)13(3)14(4)16(11)19-6/h9,12H,7-8,10,17H2,1-6H3. The molecule has 0 heterocycles. The van der Waals surface area contributed by atoms with E-state index in [-0.39, 0.29) is 6.04 Å². The minimum absolute atomic E-state index is 0.267. The summed E-state index contributed by atoms with van der Waals surface area (Å²) in [6.45, 7) is 10.5. The van der Waals surface area contributed by atoms with E-state index >= 15 is 0 Å². The summed E-state index contributed by atoms with van der Waals surface area (Å²) in [7, 11) is 3.89. The maximum absolute atomic E-state index is 5.81. The van der Waals surface area contributed by atoms with Gasteiger partial charge in [0, 0.05) is 12.6 Å². The average molecular weight is 264 g/mol. The molecule has 0 aliphatic heterocycles. The number of rotatable bonds is 6. The third kappa shape index (κ3) is 4.22. The normalized spacial score (nSPS) is 12.8. The van der Waals surface area contributed by atoms with E-state index in [0.717, 1.165) is 25.3 Å². The van der Waals surface area contributed by atoms with Gasteiger partial charge in [0.25, 0.3) is 0 Å². The number of nitrogens with zero attached hydrogens (tertiary/aromatic N) is 1. The average Bonchev–Trinajstić information content (AvgIpc) is 2.34. The summed E-state index contributed by atoms with van der Waals surface area (Å²) in [5.41, 5.74) is 11.0. The number of ether oxygens (including phenoxy) is 1. The molecule has 0 fully saturated rings. The molecule has 0 aromatic heterocycles. The van der Waals surface area contributed by atoms with Crippen molar-refractivity contribution in [3.8, 4) is 5.75 Å². The highest BCUT2D eigenvalue weighted by molar-refractivity contribution is 5.48. The lowest BCUT2D eigenvalue weighted by molar-refractivity contribution is 0.312. The van der Waals surface area contributed by atoms with Crippen LogP contribution in [0.3, 0.4) is 0 Å². The van der Waals surface area contributed by atoms with Crippen LogP contribution in [0, 0.1) is 20.8 Å². The maximum Gasteiger partial charge on any atom is 0.124 e. The zero-order chi connectivity index (χ0) is 14.6. The molecule has 0 amide bonds. The van der Waals surface area contributed by atoms with E-state index in [9.17, 15) is 0 Å². The predicted molar refractivity (Wildman–Crippen MR) is 81.8 cm³/mol. The quantitative estimate of drug-likeness (QED) is 0.858. The second-order valence-corrected chi connectivity index (χ2v) is 5.64. The number of benzene rings is 1. The molecule has 0 saturated heterocycles. The fourth-order valence-electron chi connectivity index (χ4n) is 2.41. The Morgan fingerprint density at radius 2 is 1.89 bits per heavy atom. The van der Waals surface area contributed by atoms with Gasteiger partial charge in [0.05, 0.1) is 7.11 Å². The molecule has 0 saturated carbocycles. The lowest BCUT2D eigenvalue weighted by atomic mass is 9.98. The Bertz CT molecular complexity index is 427. The molecule has 0 spiro atoms. The highest BCUT2D eigenvalue weighted by atomic mass is 16.5. The first-order valence-electron chi connectivity index (χ1n) is 6.94. The molecule has 1 rings (SSSR count). The molecule has 0 aliphatic rings. The molecule has 1 atom stereocenters.